The molecule has 0 aromatic heterocycles. The smallest absolute Gasteiger partial charge is 0.296 e. The Morgan fingerprint density at radius 1 is 1.00 bits per heavy atom. The van der Waals surface area contributed by atoms with E-state index in [1.54, 1.807) is 0 Å². The Morgan fingerprint density at radius 2 is 1.44 bits per heavy atom. The third kappa shape index (κ3) is 3.41. The summed E-state index contributed by atoms with van der Waals surface area (Å²) in [5.41, 5.74) is -0.520. The first-order chi connectivity index (χ1) is 7.49. The number of hydrogen-bond donors (Lipinski definition) is 0. The van der Waals surface area contributed by atoms with Gasteiger partial charge in [-0.15, -0.1) is 0 Å². The van der Waals surface area contributed by atoms with Crippen LogP contribution in [0.5, 0.6) is 0 Å². The zero-order valence-electron chi connectivity index (χ0n) is 11.2. The van der Waals surface area contributed by atoms with Gasteiger partial charge in [-0.2, -0.15) is 0 Å². The number of unbranched alkanes of at least 4 members (excludes halogenated alkanes) is 2. The van der Waals surface area contributed by atoms with Crippen molar-refractivity contribution < 1.29 is 14.1 Å². The number of rotatable bonds is 9. The number of likely N-dealkylation sites (N-methyl/N-ethyl adjacent to an activating group) is 1. The summed E-state index contributed by atoms with van der Waals surface area (Å²) in [7, 11) is 3.65. The molecule has 0 aliphatic rings. The van der Waals surface area contributed by atoms with Gasteiger partial charge >= 0.3 is 6.41 Å². The molecule has 0 atom stereocenters. The summed E-state index contributed by atoms with van der Waals surface area (Å²) in [6.07, 6.45) is 7.61. The lowest BCUT2D eigenvalue weighted by atomic mass is 9.85. The molecule has 0 bridgehead atoms. The number of carbonyl (C=O) groups is 2. The molecule has 0 fully saturated rings. The SMILES string of the molecule is CCCCC(C=O)(CCCC)[N+](C)(C)C=O. The summed E-state index contributed by atoms with van der Waals surface area (Å²) in [6, 6.07) is 0. The zero-order valence-corrected chi connectivity index (χ0v) is 11.2. The van der Waals surface area contributed by atoms with E-state index in [1.807, 2.05) is 14.1 Å². The molecule has 0 aromatic rings. The third-order valence-corrected chi connectivity index (χ3v) is 3.56. The fourth-order valence-corrected chi connectivity index (χ4v) is 2.03. The molecule has 16 heavy (non-hydrogen) atoms. The molecule has 0 spiro atoms. The van der Waals surface area contributed by atoms with Crippen LogP contribution in [0.2, 0.25) is 0 Å². The number of carbonyl (C=O) groups excluding carboxylic acids is 2. The summed E-state index contributed by atoms with van der Waals surface area (Å²) >= 11 is 0. The Kier molecular flexibility index (Phi) is 6.49. The maximum absolute atomic E-state index is 11.5. The van der Waals surface area contributed by atoms with Crippen LogP contribution in [-0.2, 0) is 9.59 Å². The van der Waals surface area contributed by atoms with Gasteiger partial charge in [0, 0.05) is 12.8 Å². The summed E-state index contributed by atoms with van der Waals surface area (Å²) in [5, 5.41) is 0. The van der Waals surface area contributed by atoms with Gasteiger partial charge in [0.25, 0.3) is 0 Å². The Morgan fingerprint density at radius 3 is 1.69 bits per heavy atom. The molecule has 0 radical (unpaired) electrons. The van der Waals surface area contributed by atoms with Crippen molar-refractivity contribution in [3.8, 4) is 0 Å². The van der Waals surface area contributed by atoms with Crippen molar-refractivity contribution in [2.75, 3.05) is 14.1 Å². The van der Waals surface area contributed by atoms with Crippen LogP contribution >= 0.6 is 0 Å². The van der Waals surface area contributed by atoms with Crippen LogP contribution in [0.25, 0.3) is 0 Å². The van der Waals surface area contributed by atoms with Crippen LogP contribution in [0, 0.1) is 0 Å². The first-order valence-electron chi connectivity index (χ1n) is 6.26. The molecule has 0 heterocycles. The van der Waals surface area contributed by atoms with E-state index in [2.05, 4.69) is 13.8 Å². The zero-order chi connectivity index (χ0) is 12.7. The average molecular weight is 228 g/mol. The highest BCUT2D eigenvalue weighted by Crippen LogP contribution is 2.29. The van der Waals surface area contributed by atoms with Gasteiger partial charge < -0.3 is 0 Å². The van der Waals surface area contributed by atoms with Crippen LogP contribution in [0.4, 0.5) is 0 Å². The molecule has 0 saturated heterocycles. The summed E-state index contributed by atoms with van der Waals surface area (Å²) in [6.45, 7) is 4.21. The topological polar surface area (TPSA) is 34.1 Å². The molecule has 0 saturated carbocycles. The van der Waals surface area contributed by atoms with Gasteiger partial charge in [0.2, 0.25) is 0 Å². The van der Waals surface area contributed by atoms with Crippen LogP contribution in [0.3, 0.4) is 0 Å². The average Bonchev–Trinajstić information content (AvgIpc) is 2.29. The molecule has 0 aliphatic carbocycles. The highest BCUT2D eigenvalue weighted by molar-refractivity contribution is 5.64. The monoisotopic (exact) mass is 228 g/mol. The molecule has 3 heteroatoms. The lowest BCUT2D eigenvalue weighted by molar-refractivity contribution is -0.850. The lowest BCUT2D eigenvalue weighted by Crippen LogP contribution is -2.60. The van der Waals surface area contributed by atoms with Crippen molar-refractivity contribution in [2.24, 2.45) is 0 Å². The Balaban J connectivity index is 4.93. The van der Waals surface area contributed by atoms with Crippen LogP contribution in [0.15, 0.2) is 0 Å². The van der Waals surface area contributed by atoms with Gasteiger partial charge in [-0.25, -0.2) is 4.79 Å². The highest BCUT2D eigenvalue weighted by Gasteiger charge is 2.44. The Bertz CT molecular complexity index is 216. The van der Waals surface area contributed by atoms with Crippen molar-refractivity contribution in [1.82, 2.24) is 0 Å². The number of nitrogens with zero attached hydrogens (tertiary/aromatic N) is 1. The second-order valence-electron chi connectivity index (χ2n) is 5.07. The predicted molar refractivity (Wildman–Crippen MR) is 66.0 cm³/mol. The van der Waals surface area contributed by atoms with E-state index in [-0.39, 0.29) is 4.48 Å². The van der Waals surface area contributed by atoms with E-state index in [9.17, 15) is 9.59 Å². The fourth-order valence-electron chi connectivity index (χ4n) is 2.03. The molecule has 94 valence electrons. The summed E-state index contributed by atoms with van der Waals surface area (Å²) < 4.78 is 0.149. The fraction of sp³-hybridized carbons (Fsp3) is 0.846. The second kappa shape index (κ2) is 6.79. The van der Waals surface area contributed by atoms with Crippen molar-refractivity contribution in [3.63, 3.8) is 0 Å². The summed E-state index contributed by atoms with van der Waals surface area (Å²) in [4.78, 5) is 22.6. The highest BCUT2D eigenvalue weighted by atomic mass is 16.2. The first kappa shape index (κ1) is 15.3. The van der Waals surface area contributed by atoms with Crippen molar-refractivity contribution in [2.45, 2.75) is 57.9 Å². The maximum atomic E-state index is 11.5. The van der Waals surface area contributed by atoms with E-state index >= 15 is 0 Å². The van der Waals surface area contributed by atoms with Gasteiger partial charge in [-0.1, -0.05) is 26.7 Å². The van der Waals surface area contributed by atoms with Gasteiger partial charge in [-0.05, 0) is 12.8 Å². The molecule has 0 aromatic carbocycles. The molecule has 0 rings (SSSR count). The van der Waals surface area contributed by atoms with E-state index in [4.69, 9.17) is 0 Å². The minimum Gasteiger partial charge on any atom is -0.296 e. The minimum absolute atomic E-state index is 0.149. The standard InChI is InChI=1S/C13H26NO2/c1-5-7-9-13(11-15,10-8-6-2)14(3,4)12-16/h11-12H,5-10H2,1-4H3/q+1. The number of aldehydes is 1. The van der Waals surface area contributed by atoms with E-state index in [1.165, 1.54) is 0 Å². The summed E-state index contributed by atoms with van der Waals surface area (Å²) in [5.74, 6) is 0. The maximum Gasteiger partial charge on any atom is 0.301 e. The van der Waals surface area contributed by atoms with Crippen LogP contribution in [-0.4, -0.2) is 36.8 Å². The lowest BCUT2D eigenvalue weighted by Gasteiger charge is -2.40. The number of hydrogen-bond acceptors (Lipinski definition) is 2. The quantitative estimate of drug-likeness (QED) is 0.449. The molecule has 3 nitrogen and oxygen atoms in total. The Labute approximate surface area is 99.4 Å². The first-order valence-corrected chi connectivity index (χ1v) is 6.26. The van der Waals surface area contributed by atoms with Crippen LogP contribution < -0.4 is 0 Å². The van der Waals surface area contributed by atoms with E-state index in [0.717, 1.165) is 51.2 Å². The van der Waals surface area contributed by atoms with Gasteiger partial charge in [0.1, 0.15) is 0 Å². The third-order valence-electron chi connectivity index (χ3n) is 3.56. The van der Waals surface area contributed by atoms with Gasteiger partial charge in [0.05, 0.1) is 14.1 Å². The molecule has 0 aliphatic heterocycles. The number of amides is 1. The Hall–Kier alpha value is -0.700. The largest absolute Gasteiger partial charge is 0.301 e. The normalized spacial score (nSPS) is 12.5. The van der Waals surface area contributed by atoms with Crippen molar-refractivity contribution in [3.05, 3.63) is 0 Å². The van der Waals surface area contributed by atoms with Gasteiger partial charge in [-0.3, -0.25) is 9.28 Å². The molecule has 0 unspecified atom stereocenters. The molecular formula is C13H26NO2+. The molecule has 1 amide bonds. The van der Waals surface area contributed by atoms with Crippen molar-refractivity contribution in [1.29, 1.82) is 0 Å². The predicted octanol–water partition coefficient (Wildman–Crippen LogP) is 2.54. The molecule has 0 N–H and O–H groups in total. The van der Waals surface area contributed by atoms with Gasteiger partial charge in [0.15, 0.2) is 11.8 Å². The second-order valence-corrected chi connectivity index (χ2v) is 5.07. The van der Waals surface area contributed by atoms with Crippen LogP contribution in [0.1, 0.15) is 52.4 Å². The van der Waals surface area contributed by atoms with E-state index < -0.39 is 5.54 Å². The number of quaternary nitrogens is 1. The minimum atomic E-state index is -0.520. The van der Waals surface area contributed by atoms with E-state index in [0.29, 0.717) is 0 Å². The van der Waals surface area contributed by atoms with Crippen molar-refractivity contribution >= 4 is 12.7 Å². The molecular weight excluding hydrogens is 202 g/mol.